The quantitative estimate of drug-likeness (QED) is 0.430. The fraction of sp³-hybridized carbons (Fsp3) is 0.333. The Hall–Kier alpha value is -1.86. The van der Waals surface area contributed by atoms with Crippen LogP contribution in [-0.2, 0) is 11.2 Å². The molecule has 0 spiro atoms. The van der Waals surface area contributed by atoms with Gasteiger partial charge < -0.3 is 15.2 Å². The van der Waals surface area contributed by atoms with Gasteiger partial charge in [0.25, 0.3) is 0 Å². The highest BCUT2D eigenvalue weighted by Gasteiger charge is 2.11. The van der Waals surface area contributed by atoms with Crippen molar-refractivity contribution in [3.8, 4) is 5.75 Å². The van der Waals surface area contributed by atoms with E-state index in [1.807, 2.05) is 18.2 Å². The number of thiazole rings is 1. The number of amides is 1. The summed E-state index contributed by atoms with van der Waals surface area (Å²) in [6.45, 7) is 0.132. The third-order valence-electron chi connectivity index (χ3n) is 4.26. The first kappa shape index (κ1) is 21.8. The number of carbonyl (C=O) groups is 1. The van der Waals surface area contributed by atoms with E-state index in [0.29, 0.717) is 22.2 Å². The highest BCUT2D eigenvalue weighted by Crippen LogP contribution is 2.31. The van der Waals surface area contributed by atoms with E-state index in [2.05, 4.69) is 16.4 Å². The van der Waals surface area contributed by atoms with Gasteiger partial charge in [-0.3, -0.25) is 4.79 Å². The normalized spacial score (nSPS) is 12.1. The molecule has 154 valence electrons. The molecule has 0 radical (unpaired) electrons. The number of fused-ring (bicyclic) bond motifs is 1. The predicted octanol–water partition coefficient (Wildman–Crippen LogP) is 4.87. The minimum absolute atomic E-state index is 0.0119. The number of aromatic nitrogens is 1. The number of nitrogens with one attached hydrogen (secondary N) is 1. The number of unbranched alkanes of at least 4 members (excludes halogenated alkanes) is 1. The zero-order chi connectivity index (χ0) is 20.6. The molecule has 3 aromatic rings. The van der Waals surface area contributed by atoms with E-state index in [9.17, 15) is 9.90 Å². The minimum atomic E-state index is -0.836. The summed E-state index contributed by atoms with van der Waals surface area (Å²) in [5, 5.41) is 14.5. The molecule has 0 fully saturated rings. The van der Waals surface area contributed by atoms with Crippen LogP contribution in [0.3, 0.4) is 0 Å². The van der Waals surface area contributed by atoms with Crippen LogP contribution in [0.5, 0.6) is 5.75 Å². The van der Waals surface area contributed by atoms with Crippen LogP contribution in [0.4, 0.5) is 0 Å². The molecule has 0 aliphatic rings. The molecule has 5 nitrogen and oxygen atoms in total. The number of carbonyl (C=O) groups excluding carboxylic acids is 1. The van der Waals surface area contributed by atoms with E-state index in [0.717, 1.165) is 29.8 Å². The molecule has 2 N–H and O–H groups in total. The van der Waals surface area contributed by atoms with Gasteiger partial charge in [-0.2, -0.15) is 0 Å². The zero-order valence-corrected chi connectivity index (χ0v) is 18.1. The maximum atomic E-state index is 12.0. The molecule has 1 amide bonds. The molecule has 2 aromatic carbocycles. The van der Waals surface area contributed by atoms with E-state index in [1.165, 1.54) is 4.70 Å². The molecule has 0 saturated carbocycles. The van der Waals surface area contributed by atoms with Crippen LogP contribution in [0.1, 0.15) is 24.3 Å². The Balaban J connectivity index is 1.30. The fourth-order valence-electron chi connectivity index (χ4n) is 2.75. The number of hydrogen-bond acceptors (Lipinski definition) is 5. The zero-order valence-electron chi connectivity index (χ0n) is 15.7. The smallest absolute Gasteiger partial charge is 0.220 e. The molecule has 0 saturated heterocycles. The highest BCUT2D eigenvalue weighted by molar-refractivity contribution is 7.18. The number of hydrogen-bond donors (Lipinski definition) is 2. The van der Waals surface area contributed by atoms with Gasteiger partial charge in [0.1, 0.15) is 23.5 Å². The van der Waals surface area contributed by atoms with Gasteiger partial charge in [0.15, 0.2) is 0 Å². The van der Waals surface area contributed by atoms with Crippen molar-refractivity contribution in [2.75, 3.05) is 13.2 Å². The van der Waals surface area contributed by atoms with Crippen molar-refractivity contribution >= 4 is 50.7 Å². The summed E-state index contributed by atoms with van der Waals surface area (Å²) in [5.74, 6) is 0.313. The molecule has 0 aliphatic carbocycles. The second-order valence-corrected chi connectivity index (χ2v) is 8.50. The van der Waals surface area contributed by atoms with Crippen molar-refractivity contribution in [2.24, 2.45) is 0 Å². The predicted molar refractivity (Wildman–Crippen MR) is 118 cm³/mol. The lowest BCUT2D eigenvalue weighted by molar-refractivity contribution is -0.121. The van der Waals surface area contributed by atoms with Crippen LogP contribution in [0.25, 0.3) is 10.2 Å². The summed E-state index contributed by atoms with van der Waals surface area (Å²) in [6, 6.07) is 13.1. The highest BCUT2D eigenvalue weighted by atomic mass is 35.5. The monoisotopic (exact) mass is 452 g/mol. The Kier molecular flexibility index (Phi) is 8.12. The Morgan fingerprint density at radius 2 is 2.00 bits per heavy atom. The number of aliphatic hydroxyl groups is 1. The number of para-hydroxylation sites is 1. The maximum absolute atomic E-state index is 12.0. The van der Waals surface area contributed by atoms with E-state index < -0.39 is 6.10 Å². The van der Waals surface area contributed by atoms with Gasteiger partial charge >= 0.3 is 0 Å². The summed E-state index contributed by atoms with van der Waals surface area (Å²) >= 11 is 13.6. The van der Waals surface area contributed by atoms with Gasteiger partial charge in [-0.05, 0) is 43.5 Å². The van der Waals surface area contributed by atoms with E-state index in [4.69, 9.17) is 27.9 Å². The fourth-order valence-corrected chi connectivity index (χ4v) is 4.10. The number of rotatable bonds is 10. The van der Waals surface area contributed by atoms with Crippen LogP contribution in [-0.4, -0.2) is 35.3 Å². The summed E-state index contributed by atoms with van der Waals surface area (Å²) in [6.07, 6.45) is 2.11. The summed E-state index contributed by atoms with van der Waals surface area (Å²) in [5.41, 5.74) is 1.03. The third-order valence-corrected chi connectivity index (χ3v) is 6.16. The van der Waals surface area contributed by atoms with Gasteiger partial charge in [0, 0.05) is 13.0 Å². The standard InChI is InChI=1S/C21H22Cl2N2O3S/c22-15-6-5-8-17(21(15)23)28-13-14(26)12-24-19(27)10-3-4-11-20-25-16-7-1-2-9-18(16)29-20/h1-2,5-9,14,26H,3-4,10-13H2,(H,24,27). The first-order valence-corrected chi connectivity index (χ1v) is 11.0. The molecule has 0 aliphatic heterocycles. The first-order valence-electron chi connectivity index (χ1n) is 9.39. The van der Waals surface area contributed by atoms with Crippen molar-refractivity contribution in [2.45, 2.75) is 31.8 Å². The average Bonchev–Trinajstić information content (AvgIpc) is 3.13. The number of ether oxygens (including phenoxy) is 1. The van der Waals surface area contributed by atoms with Gasteiger partial charge in [-0.15, -0.1) is 11.3 Å². The van der Waals surface area contributed by atoms with Gasteiger partial charge in [0.2, 0.25) is 5.91 Å². The second-order valence-electron chi connectivity index (χ2n) is 6.60. The molecule has 3 rings (SSSR count). The van der Waals surface area contributed by atoms with Crippen LogP contribution in [0.2, 0.25) is 10.0 Å². The number of nitrogens with zero attached hydrogens (tertiary/aromatic N) is 1. The molecule has 1 unspecified atom stereocenters. The van der Waals surface area contributed by atoms with Gasteiger partial charge in [-0.25, -0.2) is 4.98 Å². The van der Waals surface area contributed by atoms with E-state index >= 15 is 0 Å². The summed E-state index contributed by atoms with van der Waals surface area (Å²) < 4.78 is 6.65. The lowest BCUT2D eigenvalue weighted by Gasteiger charge is -2.14. The molecule has 29 heavy (non-hydrogen) atoms. The number of benzene rings is 2. The molecule has 8 heteroatoms. The summed E-state index contributed by atoms with van der Waals surface area (Å²) in [4.78, 5) is 16.6. The largest absolute Gasteiger partial charge is 0.489 e. The second kappa shape index (κ2) is 10.8. The SMILES string of the molecule is O=C(CCCCc1nc2ccccc2s1)NCC(O)COc1cccc(Cl)c1Cl. The number of aryl methyl sites for hydroxylation is 1. The van der Waals surface area contributed by atoms with Crippen LogP contribution >= 0.6 is 34.5 Å². The van der Waals surface area contributed by atoms with Crippen molar-refractivity contribution in [1.29, 1.82) is 0 Å². The average molecular weight is 453 g/mol. The third kappa shape index (κ3) is 6.57. The lowest BCUT2D eigenvalue weighted by atomic mass is 10.2. The lowest BCUT2D eigenvalue weighted by Crippen LogP contribution is -2.35. The van der Waals surface area contributed by atoms with Crippen molar-refractivity contribution in [1.82, 2.24) is 10.3 Å². The Labute approximate surface area is 183 Å². The molecule has 1 atom stereocenters. The molecular weight excluding hydrogens is 431 g/mol. The molecule has 1 aromatic heterocycles. The Morgan fingerprint density at radius 1 is 1.17 bits per heavy atom. The first-order chi connectivity index (χ1) is 14.0. The maximum Gasteiger partial charge on any atom is 0.220 e. The van der Waals surface area contributed by atoms with E-state index in [-0.39, 0.29) is 19.1 Å². The van der Waals surface area contributed by atoms with Gasteiger partial charge in [0.05, 0.1) is 20.2 Å². The van der Waals surface area contributed by atoms with Crippen molar-refractivity contribution in [3.05, 3.63) is 57.5 Å². The topological polar surface area (TPSA) is 71.5 Å². The van der Waals surface area contributed by atoms with Gasteiger partial charge in [-0.1, -0.05) is 41.4 Å². The minimum Gasteiger partial charge on any atom is -0.489 e. The number of halogens is 2. The van der Waals surface area contributed by atoms with Crippen molar-refractivity contribution < 1.29 is 14.6 Å². The Morgan fingerprint density at radius 3 is 2.83 bits per heavy atom. The Bertz CT molecular complexity index is 931. The summed E-state index contributed by atoms with van der Waals surface area (Å²) in [7, 11) is 0. The molecule has 0 bridgehead atoms. The molecular formula is C21H22Cl2N2O3S. The van der Waals surface area contributed by atoms with Crippen LogP contribution < -0.4 is 10.1 Å². The van der Waals surface area contributed by atoms with E-state index in [1.54, 1.807) is 29.5 Å². The van der Waals surface area contributed by atoms with Crippen molar-refractivity contribution in [3.63, 3.8) is 0 Å². The molecule has 1 heterocycles. The number of aliphatic hydroxyl groups excluding tert-OH is 1. The van der Waals surface area contributed by atoms with Crippen LogP contribution in [0, 0.1) is 0 Å². The van der Waals surface area contributed by atoms with Crippen LogP contribution in [0.15, 0.2) is 42.5 Å².